The first-order valence-electron chi connectivity index (χ1n) is 5.74. The number of rotatable bonds is 6. The molecule has 0 aliphatic carbocycles. The number of hydrogen-bond acceptors (Lipinski definition) is 5. The highest BCUT2D eigenvalue weighted by molar-refractivity contribution is 7.88. The van der Waals surface area contributed by atoms with Crippen LogP contribution in [0.1, 0.15) is 11.3 Å². The summed E-state index contributed by atoms with van der Waals surface area (Å²) < 4.78 is 26.3. The molecule has 0 radical (unpaired) electrons. The molecule has 0 bridgehead atoms. The Bertz CT molecular complexity index is 607. The molecule has 0 aliphatic rings. The van der Waals surface area contributed by atoms with E-state index in [-0.39, 0.29) is 5.75 Å². The van der Waals surface area contributed by atoms with Crippen LogP contribution in [-0.4, -0.2) is 19.9 Å². The highest BCUT2D eigenvalue weighted by Crippen LogP contribution is 2.08. The van der Waals surface area contributed by atoms with Gasteiger partial charge in [0.1, 0.15) is 0 Å². The largest absolute Gasteiger partial charge is 0.399 e. The van der Waals surface area contributed by atoms with Gasteiger partial charge in [-0.1, -0.05) is 12.1 Å². The normalized spacial score (nSPS) is 11.6. The van der Waals surface area contributed by atoms with Crippen LogP contribution in [0.4, 0.5) is 5.69 Å². The smallest absolute Gasteiger partial charge is 0.215 e. The number of anilines is 1. The summed E-state index contributed by atoms with van der Waals surface area (Å²) in [5.74, 6) is -0.0374. The van der Waals surface area contributed by atoms with E-state index in [0.29, 0.717) is 18.7 Å². The van der Waals surface area contributed by atoms with Gasteiger partial charge in [-0.3, -0.25) is 0 Å². The van der Waals surface area contributed by atoms with Crippen LogP contribution in [0.15, 0.2) is 35.2 Å². The number of sulfonamides is 1. The minimum absolute atomic E-state index is 0.0374. The Hall–Kier alpha value is -1.44. The summed E-state index contributed by atoms with van der Waals surface area (Å²) in [6.07, 6.45) is 0.602. The topological polar surface area (TPSA) is 85.1 Å². The molecule has 0 saturated carbocycles. The Morgan fingerprint density at radius 1 is 1.26 bits per heavy atom. The number of nitrogen functional groups attached to an aromatic ring is 1. The van der Waals surface area contributed by atoms with Crippen LogP contribution in [0.2, 0.25) is 0 Å². The van der Waals surface area contributed by atoms with E-state index >= 15 is 0 Å². The fourth-order valence-electron chi connectivity index (χ4n) is 1.58. The van der Waals surface area contributed by atoms with E-state index in [9.17, 15) is 8.42 Å². The maximum atomic E-state index is 11.9. The third-order valence-corrected chi connectivity index (χ3v) is 4.52. The molecule has 19 heavy (non-hydrogen) atoms. The van der Waals surface area contributed by atoms with Crippen molar-refractivity contribution in [2.75, 3.05) is 12.3 Å². The predicted molar refractivity (Wildman–Crippen MR) is 77.3 cm³/mol. The average molecular weight is 297 g/mol. The lowest BCUT2D eigenvalue weighted by molar-refractivity contribution is 0.580. The maximum Gasteiger partial charge on any atom is 0.215 e. The van der Waals surface area contributed by atoms with Gasteiger partial charge in [-0.15, -0.1) is 11.3 Å². The molecule has 3 N–H and O–H groups in total. The molecule has 1 aromatic heterocycles. The van der Waals surface area contributed by atoms with Crippen molar-refractivity contribution in [2.45, 2.75) is 12.2 Å². The second-order valence-electron chi connectivity index (χ2n) is 4.12. The number of hydrogen-bond donors (Lipinski definition) is 2. The first kappa shape index (κ1) is 14.0. The minimum atomic E-state index is -3.32. The highest BCUT2D eigenvalue weighted by Gasteiger charge is 2.11. The predicted octanol–water partition coefficient (Wildman–Crippen LogP) is 1.39. The molecule has 1 heterocycles. The molecule has 102 valence electrons. The molecule has 0 aliphatic heterocycles. The number of nitrogens with one attached hydrogen (secondary N) is 1. The van der Waals surface area contributed by atoms with E-state index in [2.05, 4.69) is 9.71 Å². The summed E-state index contributed by atoms with van der Waals surface area (Å²) in [7, 11) is -3.32. The van der Waals surface area contributed by atoms with Crippen molar-refractivity contribution < 1.29 is 8.42 Å². The van der Waals surface area contributed by atoms with Gasteiger partial charge < -0.3 is 5.73 Å². The van der Waals surface area contributed by atoms with Crippen molar-refractivity contribution >= 4 is 27.0 Å². The van der Waals surface area contributed by atoms with Crippen LogP contribution in [0, 0.1) is 0 Å². The lowest BCUT2D eigenvalue weighted by Gasteiger charge is -2.06. The molecule has 0 atom stereocenters. The van der Waals surface area contributed by atoms with Crippen molar-refractivity contribution in [3.05, 3.63) is 46.4 Å². The summed E-state index contributed by atoms with van der Waals surface area (Å²) in [4.78, 5) is 4.10. The first-order valence-corrected chi connectivity index (χ1v) is 8.33. The van der Waals surface area contributed by atoms with Gasteiger partial charge in [0, 0.05) is 24.0 Å². The Kier molecular flexibility index (Phi) is 4.52. The Labute approximate surface area is 116 Å². The SMILES string of the molecule is Nc1ccc(CS(=O)(=O)NCCc2cscn2)cc1. The fraction of sp³-hybridized carbons (Fsp3) is 0.250. The highest BCUT2D eigenvalue weighted by atomic mass is 32.2. The van der Waals surface area contributed by atoms with Crippen LogP contribution in [0.25, 0.3) is 0 Å². The minimum Gasteiger partial charge on any atom is -0.399 e. The van der Waals surface area contributed by atoms with Crippen LogP contribution in [0.5, 0.6) is 0 Å². The Morgan fingerprint density at radius 3 is 2.63 bits per heavy atom. The maximum absolute atomic E-state index is 11.9. The third-order valence-electron chi connectivity index (χ3n) is 2.52. The quantitative estimate of drug-likeness (QED) is 0.789. The molecular formula is C12H15N3O2S2. The first-order chi connectivity index (χ1) is 9.05. The van der Waals surface area contributed by atoms with Crippen molar-refractivity contribution in [1.29, 1.82) is 0 Å². The van der Waals surface area contributed by atoms with Crippen molar-refractivity contribution in [2.24, 2.45) is 0 Å². The van der Waals surface area contributed by atoms with Crippen LogP contribution >= 0.6 is 11.3 Å². The van der Waals surface area contributed by atoms with Crippen LogP contribution in [0.3, 0.4) is 0 Å². The number of thiazole rings is 1. The summed E-state index contributed by atoms with van der Waals surface area (Å²) >= 11 is 1.50. The fourth-order valence-corrected chi connectivity index (χ4v) is 3.32. The van der Waals surface area contributed by atoms with Gasteiger partial charge >= 0.3 is 0 Å². The van der Waals surface area contributed by atoms with E-state index in [1.807, 2.05) is 5.38 Å². The average Bonchev–Trinajstić information content (AvgIpc) is 2.85. The zero-order valence-corrected chi connectivity index (χ0v) is 11.9. The number of aromatic nitrogens is 1. The molecular weight excluding hydrogens is 282 g/mol. The Balaban J connectivity index is 1.86. The standard InChI is InChI=1S/C12H15N3O2S2/c13-11-3-1-10(2-4-11)8-19(16,17)15-6-5-12-7-18-9-14-12/h1-4,7,9,15H,5-6,8,13H2. The summed E-state index contributed by atoms with van der Waals surface area (Å²) in [5.41, 5.74) is 9.53. The van der Waals surface area contributed by atoms with Gasteiger partial charge in [0.15, 0.2) is 0 Å². The summed E-state index contributed by atoms with van der Waals surface area (Å²) in [5, 5.41) is 1.91. The molecule has 7 heteroatoms. The molecule has 5 nitrogen and oxygen atoms in total. The molecule has 0 fully saturated rings. The molecule has 2 aromatic rings. The molecule has 0 spiro atoms. The van der Waals surface area contributed by atoms with Gasteiger partial charge in [-0.25, -0.2) is 18.1 Å². The van der Waals surface area contributed by atoms with E-state index < -0.39 is 10.0 Å². The lowest BCUT2D eigenvalue weighted by Crippen LogP contribution is -2.27. The molecule has 2 rings (SSSR count). The number of benzene rings is 1. The van der Waals surface area contributed by atoms with Crippen LogP contribution in [-0.2, 0) is 22.2 Å². The summed E-state index contributed by atoms with van der Waals surface area (Å²) in [6, 6.07) is 6.82. The van der Waals surface area contributed by atoms with Crippen molar-refractivity contribution in [3.63, 3.8) is 0 Å². The molecule has 1 aromatic carbocycles. The van der Waals surface area contributed by atoms with Crippen molar-refractivity contribution in [3.8, 4) is 0 Å². The van der Waals surface area contributed by atoms with Gasteiger partial charge in [0.05, 0.1) is 17.0 Å². The van der Waals surface area contributed by atoms with Gasteiger partial charge in [-0.2, -0.15) is 0 Å². The second-order valence-corrected chi connectivity index (χ2v) is 6.65. The van der Waals surface area contributed by atoms with Gasteiger partial charge in [0.25, 0.3) is 0 Å². The zero-order chi connectivity index (χ0) is 13.7. The lowest BCUT2D eigenvalue weighted by atomic mass is 10.2. The Morgan fingerprint density at radius 2 is 2.00 bits per heavy atom. The van der Waals surface area contributed by atoms with E-state index in [4.69, 9.17) is 5.73 Å². The monoisotopic (exact) mass is 297 g/mol. The summed E-state index contributed by atoms with van der Waals surface area (Å²) in [6.45, 7) is 0.362. The number of nitrogens with two attached hydrogens (primary N) is 1. The molecule has 0 amide bonds. The molecule has 0 unspecified atom stereocenters. The van der Waals surface area contributed by atoms with E-state index in [1.165, 1.54) is 11.3 Å². The van der Waals surface area contributed by atoms with E-state index in [0.717, 1.165) is 11.3 Å². The number of nitrogens with zero attached hydrogens (tertiary/aromatic N) is 1. The van der Waals surface area contributed by atoms with Gasteiger partial charge in [-0.05, 0) is 17.7 Å². The second kappa shape index (κ2) is 6.14. The van der Waals surface area contributed by atoms with E-state index in [1.54, 1.807) is 29.8 Å². The third kappa shape index (κ3) is 4.62. The van der Waals surface area contributed by atoms with Crippen LogP contribution < -0.4 is 10.5 Å². The zero-order valence-electron chi connectivity index (χ0n) is 10.2. The molecule has 0 saturated heterocycles. The van der Waals surface area contributed by atoms with Crippen molar-refractivity contribution in [1.82, 2.24) is 9.71 Å². The van der Waals surface area contributed by atoms with Gasteiger partial charge in [0.2, 0.25) is 10.0 Å².